The molecule has 0 unspecified atom stereocenters. The zero-order chi connectivity index (χ0) is 19.1. The molecule has 0 radical (unpaired) electrons. The molecule has 0 saturated heterocycles. The summed E-state index contributed by atoms with van der Waals surface area (Å²) in [5.41, 5.74) is 0.475. The Morgan fingerprint density at radius 3 is 1.96 bits per heavy atom. The van der Waals surface area contributed by atoms with E-state index in [1.807, 2.05) is 0 Å². The van der Waals surface area contributed by atoms with Gasteiger partial charge in [-0.05, 0) is 23.8 Å². The van der Waals surface area contributed by atoms with Crippen LogP contribution in [0.1, 0.15) is 5.56 Å². The van der Waals surface area contributed by atoms with Gasteiger partial charge in [0.05, 0.1) is 0 Å². The molecular formula is C15H16O10. The summed E-state index contributed by atoms with van der Waals surface area (Å²) in [5, 5.41) is 54.8. The van der Waals surface area contributed by atoms with Crippen LogP contribution in [0.25, 0.3) is 6.08 Å². The summed E-state index contributed by atoms with van der Waals surface area (Å²) in [5.74, 6) is -4.94. The molecule has 0 spiro atoms. The number of carboxylic acid groups (broad SMARTS) is 2. The van der Waals surface area contributed by atoms with E-state index in [2.05, 4.69) is 4.74 Å². The van der Waals surface area contributed by atoms with Crippen LogP contribution in [0.3, 0.4) is 0 Å². The van der Waals surface area contributed by atoms with Gasteiger partial charge in [0, 0.05) is 6.08 Å². The van der Waals surface area contributed by atoms with Gasteiger partial charge in [0.1, 0.15) is 18.0 Å². The van der Waals surface area contributed by atoms with Crippen LogP contribution in [0, 0.1) is 0 Å². The molecule has 10 nitrogen and oxygen atoms in total. The fourth-order valence-electron chi connectivity index (χ4n) is 1.69. The highest BCUT2D eigenvalue weighted by Crippen LogP contribution is 2.12. The van der Waals surface area contributed by atoms with Crippen LogP contribution in [-0.2, 0) is 19.1 Å². The average molecular weight is 356 g/mol. The zero-order valence-corrected chi connectivity index (χ0v) is 12.6. The molecule has 6 N–H and O–H groups in total. The predicted octanol–water partition coefficient (Wildman–Crippen LogP) is -1.43. The van der Waals surface area contributed by atoms with Gasteiger partial charge in [0.2, 0.25) is 6.10 Å². The number of esters is 1. The van der Waals surface area contributed by atoms with Crippen LogP contribution in [0.4, 0.5) is 0 Å². The maximum Gasteiger partial charge on any atom is 0.347 e. The molecule has 0 amide bonds. The summed E-state index contributed by atoms with van der Waals surface area (Å²) in [4.78, 5) is 33.2. The first kappa shape index (κ1) is 20.1. The van der Waals surface area contributed by atoms with Crippen molar-refractivity contribution in [3.8, 4) is 5.75 Å². The fourth-order valence-corrected chi connectivity index (χ4v) is 1.69. The molecule has 1 aromatic rings. The van der Waals surface area contributed by atoms with Crippen LogP contribution in [-0.4, -0.2) is 73.0 Å². The summed E-state index contributed by atoms with van der Waals surface area (Å²) in [7, 11) is 0. The smallest absolute Gasteiger partial charge is 0.347 e. The Morgan fingerprint density at radius 1 is 0.920 bits per heavy atom. The Morgan fingerprint density at radius 2 is 1.48 bits per heavy atom. The van der Waals surface area contributed by atoms with Crippen molar-refractivity contribution in [1.29, 1.82) is 0 Å². The summed E-state index contributed by atoms with van der Waals surface area (Å²) >= 11 is 0. The largest absolute Gasteiger partial charge is 0.508 e. The van der Waals surface area contributed by atoms with Gasteiger partial charge < -0.3 is 35.4 Å². The first-order valence-electron chi connectivity index (χ1n) is 6.81. The molecule has 1 aromatic carbocycles. The number of rotatable bonds is 8. The van der Waals surface area contributed by atoms with Crippen molar-refractivity contribution in [3.05, 3.63) is 35.9 Å². The molecule has 0 saturated carbocycles. The van der Waals surface area contributed by atoms with Gasteiger partial charge in [-0.3, -0.25) is 0 Å². The van der Waals surface area contributed by atoms with Crippen molar-refractivity contribution in [2.45, 2.75) is 24.4 Å². The van der Waals surface area contributed by atoms with Gasteiger partial charge in [-0.2, -0.15) is 0 Å². The second-order valence-electron chi connectivity index (χ2n) is 4.88. The molecule has 0 aromatic heterocycles. The van der Waals surface area contributed by atoms with Crippen molar-refractivity contribution < 1.29 is 49.8 Å². The monoisotopic (exact) mass is 356 g/mol. The lowest BCUT2D eigenvalue weighted by Gasteiger charge is -2.24. The summed E-state index contributed by atoms with van der Waals surface area (Å²) in [6, 6.07) is 5.60. The molecule has 4 atom stereocenters. The predicted molar refractivity (Wildman–Crippen MR) is 80.3 cm³/mol. The summed E-state index contributed by atoms with van der Waals surface area (Å²) in [6.45, 7) is 0. The molecule has 25 heavy (non-hydrogen) atoms. The number of aliphatic carboxylic acids is 2. The van der Waals surface area contributed by atoms with Crippen LogP contribution < -0.4 is 0 Å². The van der Waals surface area contributed by atoms with Gasteiger partial charge in [0.25, 0.3) is 0 Å². The van der Waals surface area contributed by atoms with E-state index in [1.165, 1.54) is 30.3 Å². The summed E-state index contributed by atoms with van der Waals surface area (Å²) in [6.07, 6.45) is -7.49. The highest BCUT2D eigenvalue weighted by atomic mass is 16.6. The third kappa shape index (κ3) is 5.88. The minimum Gasteiger partial charge on any atom is -0.508 e. The topological polar surface area (TPSA) is 182 Å². The van der Waals surface area contributed by atoms with Crippen LogP contribution in [0.5, 0.6) is 5.75 Å². The van der Waals surface area contributed by atoms with E-state index in [-0.39, 0.29) is 5.75 Å². The second-order valence-corrected chi connectivity index (χ2v) is 4.88. The van der Waals surface area contributed by atoms with E-state index in [0.29, 0.717) is 5.56 Å². The van der Waals surface area contributed by atoms with Crippen LogP contribution in [0.2, 0.25) is 0 Å². The Labute approximate surface area is 140 Å². The Kier molecular flexibility index (Phi) is 7.06. The van der Waals surface area contributed by atoms with E-state index >= 15 is 0 Å². The molecule has 10 heteroatoms. The highest BCUT2D eigenvalue weighted by molar-refractivity contribution is 5.89. The van der Waals surface area contributed by atoms with Crippen molar-refractivity contribution >= 4 is 24.0 Å². The molecule has 0 aliphatic heterocycles. The zero-order valence-electron chi connectivity index (χ0n) is 12.6. The number of hydrogen-bond donors (Lipinski definition) is 6. The number of carboxylic acids is 2. The van der Waals surface area contributed by atoms with E-state index in [9.17, 15) is 24.6 Å². The number of aromatic hydroxyl groups is 1. The normalized spacial score (nSPS) is 16.0. The number of carbonyl (C=O) groups is 3. The van der Waals surface area contributed by atoms with Gasteiger partial charge >= 0.3 is 17.9 Å². The number of phenols is 1. The Bertz CT molecular complexity index is 651. The van der Waals surface area contributed by atoms with Crippen LogP contribution in [0.15, 0.2) is 30.3 Å². The quantitative estimate of drug-likeness (QED) is 0.238. The van der Waals surface area contributed by atoms with E-state index in [0.717, 1.165) is 6.08 Å². The average Bonchev–Trinajstić information content (AvgIpc) is 2.56. The third-order valence-corrected chi connectivity index (χ3v) is 3.03. The second kappa shape index (κ2) is 8.78. The molecular weight excluding hydrogens is 340 g/mol. The molecule has 136 valence electrons. The number of benzene rings is 1. The van der Waals surface area contributed by atoms with E-state index in [4.69, 9.17) is 20.4 Å². The fraction of sp³-hybridized carbons (Fsp3) is 0.267. The van der Waals surface area contributed by atoms with Crippen LogP contribution >= 0.6 is 0 Å². The lowest BCUT2D eigenvalue weighted by atomic mass is 10.0. The molecule has 0 aliphatic carbocycles. The minimum atomic E-state index is -2.47. The van der Waals surface area contributed by atoms with Gasteiger partial charge in [-0.15, -0.1) is 0 Å². The number of phenolic OH excluding ortho intramolecular Hbond substituents is 1. The SMILES string of the molecule is O=C(C=Cc1ccc(O)cc1)O[C@@H](C(=O)O)[C@@H](O)[C@H](O)[C@H](O)C(=O)O. The van der Waals surface area contributed by atoms with Gasteiger partial charge in [-0.1, -0.05) is 12.1 Å². The highest BCUT2D eigenvalue weighted by Gasteiger charge is 2.40. The lowest BCUT2D eigenvalue weighted by Crippen LogP contribution is -2.51. The van der Waals surface area contributed by atoms with Crippen molar-refractivity contribution in [2.75, 3.05) is 0 Å². The van der Waals surface area contributed by atoms with Gasteiger partial charge in [0.15, 0.2) is 6.10 Å². The first-order chi connectivity index (χ1) is 11.6. The maximum absolute atomic E-state index is 11.6. The minimum absolute atomic E-state index is 0.000217. The molecule has 0 fully saturated rings. The molecule has 0 bridgehead atoms. The molecule has 0 aliphatic rings. The van der Waals surface area contributed by atoms with Crippen molar-refractivity contribution in [2.24, 2.45) is 0 Å². The number of aliphatic hydroxyl groups excluding tert-OH is 3. The van der Waals surface area contributed by atoms with Crippen molar-refractivity contribution in [1.82, 2.24) is 0 Å². The Hall–Kier alpha value is -2.95. The van der Waals surface area contributed by atoms with E-state index < -0.39 is 42.3 Å². The first-order valence-corrected chi connectivity index (χ1v) is 6.81. The van der Waals surface area contributed by atoms with Crippen molar-refractivity contribution in [3.63, 3.8) is 0 Å². The lowest BCUT2D eigenvalue weighted by molar-refractivity contribution is -0.182. The van der Waals surface area contributed by atoms with E-state index in [1.54, 1.807) is 0 Å². The Balaban J connectivity index is 2.79. The van der Waals surface area contributed by atoms with Gasteiger partial charge in [-0.25, -0.2) is 14.4 Å². The standard InChI is InChI=1S/C15H16O10/c16-8-4-1-7(2-5-8)3-6-9(17)25-13(15(23)24)11(19)10(18)12(20)14(21)22/h1-6,10-13,16,18-20H,(H,21,22)(H,23,24)/t10-,11-,12-,13+/m0/s1. The number of ether oxygens (including phenoxy) is 1. The molecule has 1 rings (SSSR count). The number of hydrogen-bond acceptors (Lipinski definition) is 8. The summed E-state index contributed by atoms with van der Waals surface area (Å²) < 4.78 is 4.48. The number of carbonyl (C=O) groups excluding carboxylic acids is 1. The molecule has 0 heterocycles. The number of aliphatic hydroxyl groups is 3. The maximum atomic E-state index is 11.6. The third-order valence-electron chi connectivity index (χ3n) is 3.03.